The minimum atomic E-state index is -1.04. The van der Waals surface area contributed by atoms with E-state index in [1.165, 1.54) is 36.5 Å². The highest BCUT2D eigenvalue weighted by Crippen LogP contribution is 2.38. The van der Waals surface area contributed by atoms with Crippen molar-refractivity contribution in [1.82, 2.24) is 4.98 Å². The Labute approximate surface area is 256 Å². The first-order chi connectivity index (χ1) is 21.2. The van der Waals surface area contributed by atoms with Gasteiger partial charge in [0.05, 0.1) is 40.7 Å². The number of primary amides is 1. The summed E-state index contributed by atoms with van der Waals surface area (Å²) in [4.78, 5) is 57.2. The molecule has 1 atom stereocenters. The van der Waals surface area contributed by atoms with Crippen LogP contribution in [0.4, 0.5) is 18.9 Å². The number of aromatic nitrogens is 1. The minimum Gasteiger partial charge on any atom is -0.460 e. The van der Waals surface area contributed by atoms with Gasteiger partial charge >= 0.3 is 5.97 Å². The van der Waals surface area contributed by atoms with Gasteiger partial charge in [-0.2, -0.15) is 0 Å². The fourth-order valence-electron chi connectivity index (χ4n) is 5.31. The molecule has 230 valence electrons. The van der Waals surface area contributed by atoms with E-state index in [1.807, 2.05) is 0 Å². The second-order valence-corrected chi connectivity index (χ2v) is 11.6. The minimum absolute atomic E-state index is 0.0673. The van der Waals surface area contributed by atoms with E-state index in [0.29, 0.717) is 0 Å². The molecule has 0 unspecified atom stereocenters. The summed E-state index contributed by atoms with van der Waals surface area (Å²) >= 11 is 0. The predicted molar refractivity (Wildman–Crippen MR) is 159 cm³/mol. The molecule has 1 aliphatic rings. The summed E-state index contributed by atoms with van der Waals surface area (Å²) in [6.07, 6.45) is 0.906. The number of rotatable bonds is 8. The average Bonchev–Trinajstić information content (AvgIpc) is 3.20. The second-order valence-electron chi connectivity index (χ2n) is 11.6. The van der Waals surface area contributed by atoms with E-state index in [-0.39, 0.29) is 52.0 Å². The van der Waals surface area contributed by atoms with Crippen LogP contribution in [0.2, 0.25) is 0 Å². The van der Waals surface area contributed by atoms with Gasteiger partial charge in [-0.1, -0.05) is 18.2 Å². The largest absolute Gasteiger partial charge is 0.460 e. The number of fused-ring (bicyclic) bond motifs is 1. The maximum Gasteiger partial charge on any atom is 0.306 e. The number of carbonyl (C=O) groups excluding carboxylic acids is 4. The summed E-state index contributed by atoms with van der Waals surface area (Å²) in [5.74, 6) is -6.23. The number of benzene rings is 3. The van der Waals surface area contributed by atoms with E-state index in [2.05, 4.69) is 4.98 Å². The first-order valence-electron chi connectivity index (χ1n) is 14.0. The molecule has 0 saturated carbocycles. The van der Waals surface area contributed by atoms with Gasteiger partial charge < -0.3 is 10.5 Å². The number of imide groups is 1. The second kappa shape index (κ2) is 12.0. The predicted octanol–water partition coefficient (Wildman–Crippen LogP) is 6.12. The third-order valence-corrected chi connectivity index (χ3v) is 7.12. The molecule has 8 nitrogen and oxygen atoms in total. The summed E-state index contributed by atoms with van der Waals surface area (Å²) in [5, 5.41) is 0. The molecule has 0 saturated heterocycles. The van der Waals surface area contributed by atoms with Crippen molar-refractivity contribution in [1.29, 1.82) is 0 Å². The van der Waals surface area contributed by atoms with E-state index >= 15 is 0 Å². The molecule has 11 heteroatoms. The number of amides is 3. The number of anilines is 1. The van der Waals surface area contributed by atoms with Crippen molar-refractivity contribution >= 4 is 29.4 Å². The van der Waals surface area contributed by atoms with Gasteiger partial charge in [0, 0.05) is 17.5 Å². The Bertz CT molecular complexity index is 1810. The number of carbonyl (C=O) groups is 4. The van der Waals surface area contributed by atoms with Gasteiger partial charge in [0.1, 0.15) is 23.1 Å². The molecule has 0 radical (unpaired) electrons. The molecular formula is C34H28F3N3O5. The van der Waals surface area contributed by atoms with Crippen LogP contribution in [0, 0.1) is 17.5 Å². The summed E-state index contributed by atoms with van der Waals surface area (Å²) < 4.78 is 48.4. The van der Waals surface area contributed by atoms with Crippen LogP contribution in [0.15, 0.2) is 72.9 Å². The number of hydrogen-bond acceptors (Lipinski definition) is 6. The van der Waals surface area contributed by atoms with Crippen molar-refractivity contribution in [3.63, 3.8) is 0 Å². The lowest BCUT2D eigenvalue weighted by atomic mass is 9.87. The van der Waals surface area contributed by atoms with E-state index in [4.69, 9.17) is 10.5 Å². The summed E-state index contributed by atoms with van der Waals surface area (Å²) in [6.45, 7) is 5.06. The molecule has 3 amide bonds. The van der Waals surface area contributed by atoms with Gasteiger partial charge in [-0.3, -0.25) is 24.2 Å². The highest BCUT2D eigenvalue weighted by Gasteiger charge is 2.37. The molecule has 5 rings (SSSR count). The van der Waals surface area contributed by atoms with E-state index in [9.17, 15) is 32.3 Å². The quantitative estimate of drug-likeness (QED) is 0.188. The third-order valence-electron chi connectivity index (χ3n) is 7.12. The number of ether oxygens (including phenoxy) is 1. The van der Waals surface area contributed by atoms with Gasteiger partial charge in [-0.25, -0.2) is 18.1 Å². The number of nitrogens with two attached hydrogens (primary N) is 1. The molecule has 3 aromatic carbocycles. The van der Waals surface area contributed by atoms with Crippen LogP contribution in [-0.2, 0) is 16.0 Å². The molecule has 0 aliphatic carbocycles. The topological polar surface area (TPSA) is 120 Å². The smallest absolute Gasteiger partial charge is 0.306 e. The zero-order valence-corrected chi connectivity index (χ0v) is 24.6. The molecule has 0 spiro atoms. The lowest BCUT2D eigenvalue weighted by Crippen LogP contribution is -2.30. The van der Waals surface area contributed by atoms with Crippen LogP contribution in [0.1, 0.15) is 75.4 Å². The number of hydrogen-bond donors (Lipinski definition) is 1. The van der Waals surface area contributed by atoms with Gasteiger partial charge in [-0.15, -0.1) is 0 Å². The fraction of sp³-hybridized carbons (Fsp3) is 0.206. The first kappa shape index (κ1) is 31.1. The van der Waals surface area contributed by atoms with Crippen LogP contribution >= 0.6 is 0 Å². The van der Waals surface area contributed by atoms with Gasteiger partial charge in [0.2, 0.25) is 0 Å². The standard InChI is InChI=1S/C34H28F3N3O5/c1-34(2,3)45-29(41)14-20(10-18-11-21(35)15-22(36)12-18)30-26(19-8-9-28(37)27(13-19)31(38)42)16-23(17-39-30)40-32(43)24-6-4-5-7-25(24)33(40)44/h4-9,11-13,15-17,20H,10,14H2,1-3H3,(H2,38,42)/t20-/m1/s1. The van der Waals surface area contributed by atoms with Crippen LogP contribution in [0.5, 0.6) is 0 Å². The van der Waals surface area contributed by atoms with Crippen LogP contribution in [-0.4, -0.2) is 34.3 Å². The lowest BCUT2D eigenvalue weighted by molar-refractivity contribution is -0.155. The zero-order chi connectivity index (χ0) is 32.6. The van der Waals surface area contributed by atoms with E-state index < -0.39 is 58.2 Å². The molecule has 1 aliphatic heterocycles. The molecule has 2 N–H and O–H groups in total. The van der Waals surface area contributed by atoms with E-state index in [0.717, 1.165) is 29.2 Å². The van der Waals surface area contributed by atoms with Crippen molar-refractivity contribution < 1.29 is 37.1 Å². The zero-order valence-electron chi connectivity index (χ0n) is 24.6. The van der Waals surface area contributed by atoms with Crippen LogP contribution in [0.25, 0.3) is 11.1 Å². The Hall–Kier alpha value is -5.32. The molecule has 0 bridgehead atoms. The number of nitrogens with zero attached hydrogens (tertiary/aromatic N) is 2. The number of esters is 1. The fourth-order valence-corrected chi connectivity index (χ4v) is 5.31. The van der Waals surface area contributed by atoms with Gasteiger partial charge in [0.15, 0.2) is 0 Å². The molecule has 2 heterocycles. The summed E-state index contributed by atoms with van der Waals surface area (Å²) in [6, 6.07) is 14.3. The van der Waals surface area contributed by atoms with Crippen molar-refractivity contribution in [2.75, 3.05) is 4.90 Å². The first-order valence-corrected chi connectivity index (χ1v) is 14.0. The SMILES string of the molecule is CC(C)(C)OC(=O)C[C@@H](Cc1cc(F)cc(F)c1)c1ncc(N2C(=O)c3ccccc3C2=O)cc1-c1ccc(F)c(C(N)=O)c1. The Kier molecular flexibility index (Phi) is 8.29. The molecule has 45 heavy (non-hydrogen) atoms. The average molecular weight is 616 g/mol. The Morgan fingerprint density at radius 3 is 2.09 bits per heavy atom. The van der Waals surface area contributed by atoms with E-state index in [1.54, 1.807) is 32.9 Å². The maximum absolute atomic E-state index is 14.5. The lowest BCUT2D eigenvalue weighted by Gasteiger charge is -2.24. The normalized spacial score (nSPS) is 13.5. The molecule has 1 aromatic heterocycles. The number of halogens is 3. The highest BCUT2D eigenvalue weighted by molar-refractivity contribution is 6.34. The molecule has 0 fully saturated rings. The van der Waals surface area contributed by atoms with Crippen LogP contribution in [0.3, 0.4) is 0 Å². The summed E-state index contributed by atoms with van der Waals surface area (Å²) in [5.41, 5.74) is 5.46. The van der Waals surface area contributed by atoms with Crippen molar-refractivity contribution in [2.24, 2.45) is 5.73 Å². The number of pyridine rings is 1. The molecule has 4 aromatic rings. The van der Waals surface area contributed by atoms with Gasteiger partial charge in [-0.05, 0) is 80.8 Å². The van der Waals surface area contributed by atoms with Crippen molar-refractivity contribution in [2.45, 2.75) is 45.1 Å². The monoisotopic (exact) mass is 615 g/mol. The van der Waals surface area contributed by atoms with Gasteiger partial charge in [0.25, 0.3) is 17.7 Å². The summed E-state index contributed by atoms with van der Waals surface area (Å²) in [7, 11) is 0. The van der Waals surface area contributed by atoms with Crippen molar-refractivity contribution in [3.05, 3.63) is 118 Å². The molecular weight excluding hydrogens is 587 g/mol. The third kappa shape index (κ3) is 6.62. The Morgan fingerprint density at radius 2 is 1.51 bits per heavy atom. The highest BCUT2D eigenvalue weighted by atomic mass is 19.1. The van der Waals surface area contributed by atoms with Crippen LogP contribution < -0.4 is 10.6 Å². The Morgan fingerprint density at radius 1 is 0.889 bits per heavy atom. The maximum atomic E-state index is 14.5. The van der Waals surface area contributed by atoms with Crippen molar-refractivity contribution in [3.8, 4) is 11.1 Å². The Balaban J connectivity index is 1.68.